The Morgan fingerprint density at radius 1 is 1.14 bits per heavy atom. The average Bonchev–Trinajstić information content (AvgIpc) is 3.30. The standard InChI is InChI=1S/C19H13N5O4S/c25-17-12-29-19(26)23(17)20-10-14-11-22(15-4-2-1-3-5-15)21-18(14)13-6-8-16(9-7-13)24(27)28/h1-12,25H. The number of thiazole rings is 1. The maximum atomic E-state index is 11.8. The van der Waals surface area contributed by atoms with Gasteiger partial charge in [-0.2, -0.15) is 14.9 Å². The maximum absolute atomic E-state index is 11.8. The fourth-order valence-corrected chi connectivity index (χ4v) is 3.23. The first-order valence-electron chi connectivity index (χ1n) is 8.37. The molecule has 0 saturated heterocycles. The van der Waals surface area contributed by atoms with Crippen LogP contribution in [0.3, 0.4) is 0 Å². The summed E-state index contributed by atoms with van der Waals surface area (Å²) in [5, 5.41) is 30.6. The molecule has 0 bridgehead atoms. The van der Waals surface area contributed by atoms with Crippen molar-refractivity contribution in [2.24, 2.45) is 5.10 Å². The Kier molecular flexibility index (Phi) is 4.75. The van der Waals surface area contributed by atoms with Gasteiger partial charge in [0.1, 0.15) is 5.69 Å². The zero-order valence-electron chi connectivity index (χ0n) is 14.7. The van der Waals surface area contributed by atoms with E-state index in [0.29, 0.717) is 16.8 Å². The summed E-state index contributed by atoms with van der Waals surface area (Å²) in [6.45, 7) is 0. The van der Waals surface area contributed by atoms with E-state index in [1.807, 2.05) is 30.3 Å². The first-order valence-corrected chi connectivity index (χ1v) is 9.24. The molecular formula is C19H13N5O4S. The number of non-ortho nitro benzene ring substituents is 1. The number of hydrogen-bond donors (Lipinski definition) is 1. The summed E-state index contributed by atoms with van der Waals surface area (Å²) in [5.74, 6) is -0.261. The topological polar surface area (TPSA) is 116 Å². The van der Waals surface area contributed by atoms with Crippen LogP contribution in [-0.2, 0) is 0 Å². The molecule has 0 fully saturated rings. The van der Waals surface area contributed by atoms with E-state index in [4.69, 9.17) is 0 Å². The Morgan fingerprint density at radius 2 is 1.86 bits per heavy atom. The normalized spacial score (nSPS) is 11.2. The molecule has 10 heteroatoms. The number of rotatable bonds is 5. The van der Waals surface area contributed by atoms with Crippen molar-refractivity contribution in [2.45, 2.75) is 0 Å². The molecule has 0 unspecified atom stereocenters. The molecule has 0 aliphatic heterocycles. The van der Waals surface area contributed by atoms with Crippen LogP contribution in [0, 0.1) is 10.1 Å². The molecule has 2 heterocycles. The largest absolute Gasteiger partial charge is 0.493 e. The number of nitrogens with zero attached hydrogens (tertiary/aromatic N) is 5. The molecule has 0 amide bonds. The van der Waals surface area contributed by atoms with Gasteiger partial charge in [0.15, 0.2) is 0 Å². The predicted octanol–water partition coefficient (Wildman–Crippen LogP) is 3.26. The van der Waals surface area contributed by atoms with Gasteiger partial charge >= 0.3 is 4.87 Å². The lowest BCUT2D eigenvalue weighted by Gasteiger charge is -2.00. The lowest BCUT2D eigenvalue weighted by Crippen LogP contribution is -2.07. The van der Waals surface area contributed by atoms with Crippen molar-refractivity contribution < 1.29 is 10.0 Å². The quantitative estimate of drug-likeness (QED) is 0.310. The van der Waals surface area contributed by atoms with Gasteiger partial charge in [0, 0.05) is 29.5 Å². The smallest absolute Gasteiger partial charge is 0.330 e. The predicted molar refractivity (Wildman–Crippen MR) is 109 cm³/mol. The van der Waals surface area contributed by atoms with Crippen molar-refractivity contribution in [3.8, 4) is 22.8 Å². The fourth-order valence-electron chi connectivity index (χ4n) is 2.68. The highest BCUT2D eigenvalue weighted by atomic mass is 32.1. The molecule has 1 N–H and O–H groups in total. The maximum Gasteiger partial charge on any atom is 0.330 e. The highest BCUT2D eigenvalue weighted by Crippen LogP contribution is 2.25. The van der Waals surface area contributed by atoms with Gasteiger partial charge < -0.3 is 5.11 Å². The van der Waals surface area contributed by atoms with E-state index in [1.54, 1.807) is 23.0 Å². The van der Waals surface area contributed by atoms with Crippen molar-refractivity contribution >= 4 is 23.2 Å². The molecule has 4 aromatic rings. The van der Waals surface area contributed by atoms with Gasteiger partial charge in [0.05, 0.1) is 22.2 Å². The monoisotopic (exact) mass is 407 g/mol. The van der Waals surface area contributed by atoms with Gasteiger partial charge in [0.2, 0.25) is 5.88 Å². The van der Waals surface area contributed by atoms with Crippen LogP contribution < -0.4 is 4.87 Å². The highest BCUT2D eigenvalue weighted by Gasteiger charge is 2.13. The molecule has 4 rings (SSSR count). The zero-order valence-corrected chi connectivity index (χ0v) is 15.6. The molecule has 0 spiro atoms. The van der Waals surface area contributed by atoms with Gasteiger partial charge in [-0.25, -0.2) is 4.68 Å². The minimum absolute atomic E-state index is 0.0267. The van der Waals surface area contributed by atoms with E-state index in [0.717, 1.165) is 21.7 Å². The molecule has 0 radical (unpaired) electrons. The van der Waals surface area contributed by atoms with Crippen molar-refractivity contribution in [1.29, 1.82) is 0 Å². The lowest BCUT2D eigenvalue weighted by molar-refractivity contribution is -0.384. The highest BCUT2D eigenvalue weighted by molar-refractivity contribution is 7.07. The summed E-state index contributed by atoms with van der Waals surface area (Å²) < 4.78 is 2.53. The number of aromatic hydroxyl groups is 1. The molecule has 0 saturated carbocycles. The number of aromatic nitrogens is 3. The molecular weight excluding hydrogens is 394 g/mol. The van der Waals surface area contributed by atoms with Crippen LogP contribution >= 0.6 is 11.3 Å². The molecule has 29 heavy (non-hydrogen) atoms. The molecule has 144 valence electrons. The molecule has 0 atom stereocenters. The van der Waals surface area contributed by atoms with Gasteiger partial charge in [-0.05, 0) is 24.3 Å². The van der Waals surface area contributed by atoms with Gasteiger partial charge in [-0.3, -0.25) is 14.9 Å². The summed E-state index contributed by atoms with van der Waals surface area (Å²) in [6.07, 6.45) is 3.14. The molecule has 0 aliphatic carbocycles. The summed E-state index contributed by atoms with van der Waals surface area (Å²) in [4.78, 5) is 21.8. The third kappa shape index (κ3) is 3.69. The summed E-state index contributed by atoms with van der Waals surface area (Å²) in [6, 6.07) is 15.4. The van der Waals surface area contributed by atoms with E-state index >= 15 is 0 Å². The number of hydrogen-bond acceptors (Lipinski definition) is 7. The first-order chi connectivity index (χ1) is 14.0. The second kappa shape index (κ2) is 7.52. The lowest BCUT2D eigenvalue weighted by atomic mass is 10.1. The van der Waals surface area contributed by atoms with Crippen molar-refractivity contribution in [2.75, 3.05) is 0 Å². The number of nitro benzene ring substituents is 1. The number of para-hydroxylation sites is 1. The fraction of sp³-hybridized carbons (Fsp3) is 0. The Balaban J connectivity index is 1.81. The minimum atomic E-state index is -0.472. The number of nitro groups is 1. The van der Waals surface area contributed by atoms with E-state index in [1.165, 1.54) is 23.7 Å². The van der Waals surface area contributed by atoms with E-state index < -0.39 is 9.80 Å². The zero-order chi connectivity index (χ0) is 20.4. The summed E-state index contributed by atoms with van der Waals surface area (Å²) in [5.41, 5.74) is 2.52. The van der Waals surface area contributed by atoms with Crippen LogP contribution in [0.4, 0.5) is 5.69 Å². The Labute approximate surface area is 167 Å². The van der Waals surface area contributed by atoms with E-state index in [2.05, 4.69) is 10.2 Å². The van der Waals surface area contributed by atoms with Crippen molar-refractivity contribution in [3.05, 3.63) is 91.5 Å². The third-order valence-electron chi connectivity index (χ3n) is 4.08. The minimum Gasteiger partial charge on any atom is -0.493 e. The van der Waals surface area contributed by atoms with E-state index in [-0.39, 0.29) is 11.6 Å². The third-order valence-corrected chi connectivity index (χ3v) is 4.79. The Bertz CT molecular complexity index is 1260. The average molecular weight is 407 g/mol. The molecule has 9 nitrogen and oxygen atoms in total. The molecule has 2 aromatic heterocycles. The second-order valence-corrected chi connectivity index (χ2v) is 6.75. The van der Waals surface area contributed by atoms with Crippen LogP contribution in [0.15, 0.2) is 76.1 Å². The second-order valence-electron chi connectivity index (χ2n) is 5.93. The van der Waals surface area contributed by atoms with Crippen LogP contribution in [0.2, 0.25) is 0 Å². The van der Waals surface area contributed by atoms with Crippen LogP contribution in [0.5, 0.6) is 5.88 Å². The van der Waals surface area contributed by atoms with Crippen molar-refractivity contribution in [3.63, 3.8) is 0 Å². The van der Waals surface area contributed by atoms with Crippen LogP contribution in [0.1, 0.15) is 5.56 Å². The van der Waals surface area contributed by atoms with Crippen molar-refractivity contribution in [1.82, 2.24) is 14.5 Å². The summed E-state index contributed by atoms with van der Waals surface area (Å²) >= 11 is 0.832. The first kappa shape index (κ1) is 18.3. The molecule has 2 aromatic carbocycles. The van der Waals surface area contributed by atoms with Crippen LogP contribution in [-0.4, -0.2) is 30.7 Å². The van der Waals surface area contributed by atoms with E-state index in [9.17, 15) is 20.0 Å². The SMILES string of the molecule is O=c1scc(O)n1N=Cc1cn(-c2ccccc2)nc1-c1ccc([N+](=O)[O-])cc1. The van der Waals surface area contributed by atoms with Gasteiger partial charge in [-0.1, -0.05) is 29.5 Å². The van der Waals surface area contributed by atoms with Gasteiger partial charge in [0.25, 0.3) is 5.69 Å². The van der Waals surface area contributed by atoms with Gasteiger partial charge in [-0.15, -0.1) is 0 Å². The Hall–Kier alpha value is -4.05. The molecule has 0 aliphatic rings. The Morgan fingerprint density at radius 3 is 2.48 bits per heavy atom. The number of benzene rings is 2. The van der Waals surface area contributed by atoms with Crippen LogP contribution in [0.25, 0.3) is 16.9 Å². The summed E-state index contributed by atoms with van der Waals surface area (Å²) in [7, 11) is 0.